The Labute approximate surface area is 155 Å². The normalized spacial score (nSPS) is 25.8. The lowest BCUT2D eigenvalue weighted by molar-refractivity contribution is -0.189. The highest BCUT2D eigenvalue weighted by Gasteiger charge is 2.47. The topological polar surface area (TPSA) is 33.5 Å². The van der Waals surface area contributed by atoms with Gasteiger partial charge in [0.15, 0.2) is 0 Å². The molecule has 140 valence electrons. The third kappa shape index (κ3) is 3.44. The zero-order chi connectivity index (χ0) is 18.3. The summed E-state index contributed by atoms with van der Waals surface area (Å²) in [6.07, 6.45) is 6.83. The Hall–Kier alpha value is -1.67. The zero-order valence-corrected chi connectivity index (χ0v) is 16.2. The number of hydrogen-bond acceptors (Lipinski definition) is 4. The lowest BCUT2D eigenvalue weighted by Gasteiger charge is -2.45. The van der Waals surface area contributed by atoms with Crippen LogP contribution in [0.25, 0.3) is 5.69 Å². The average molecular weight is 377 g/mol. The summed E-state index contributed by atoms with van der Waals surface area (Å²) in [7, 11) is -1.55. The van der Waals surface area contributed by atoms with E-state index in [2.05, 4.69) is 34.8 Å². The summed E-state index contributed by atoms with van der Waals surface area (Å²) in [5.74, 6) is 0. The zero-order valence-electron chi connectivity index (χ0n) is 15.4. The van der Waals surface area contributed by atoms with E-state index >= 15 is 0 Å². The van der Waals surface area contributed by atoms with Crippen LogP contribution >= 0.6 is 10.2 Å². The van der Waals surface area contributed by atoms with Gasteiger partial charge >= 0.3 is 0 Å². The van der Waals surface area contributed by atoms with E-state index in [-0.39, 0.29) is 12.2 Å². The maximum Gasteiger partial charge on any atom is 0.0862 e. The third-order valence-corrected chi connectivity index (χ3v) is 7.42. The Morgan fingerprint density at radius 2 is 2.04 bits per heavy atom. The summed E-state index contributed by atoms with van der Waals surface area (Å²) < 4.78 is 23.3. The molecule has 0 aliphatic carbocycles. The summed E-state index contributed by atoms with van der Waals surface area (Å²) in [5.41, 5.74) is 2.23. The van der Waals surface area contributed by atoms with Crippen LogP contribution < -0.4 is 0 Å². The molecule has 2 aliphatic heterocycles. The molecule has 0 N–H and O–H groups in total. The number of ether oxygens (including phenoxy) is 1. The smallest absolute Gasteiger partial charge is 0.0862 e. The SMILES string of the molecule is CC(C)OC1CN(N(F)S2(C)C=C2Cc2ccc(-n3cccn3)cc2)C1. The summed E-state index contributed by atoms with van der Waals surface area (Å²) in [4.78, 5) is 1.19. The van der Waals surface area contributed by atoms with E-state index < -0.39 is 10.2 Å². The quantitative estimate of drug-likeness (QED) is 0.688. The number of allylic oxidation sites excluding steroid dienone is 1. The summed E-state index contributed by atoms with van der Waals surface area (Å²) in [5, 5.41) is 8.08. The Kier molecular flexibility index (Phi) is 4.64. The van der Waals surface area contributed by atoms with Crippen LogP contribution in [0, 0.1) is 0 Å². The van der Waals surface area contributed by atoms with Crippen molar-refractivity contribution in [3.63, 3.8) is 0 Å². The van der Waals surface area contributed by atoms with Crippen molar-refractivity contribution in [2.24, 2.45) is 0 Å². The van der Waals surface area contributed by atoms with Gasteiger partial charge < -0.3 is 4.74 Å². The first-order chi connectivity index (χ1) is 12.5. The maximum atomic E-state index is 14.8. The van der Waals surface area contributed by atoms with Gasteiger partial charge in [0.1, 0.15) is 0 Å². The number of halogens is 1. The highest BCUT2D eigenvalue weighted by atomic mass is 32.3. The summed E-state index contributed by atoms with van der Waals surface area (Å²) in [6, 6.07) is 10.2. The van der Waals surface area contributed by atoms with Crippen LogP contribution in [0.15, 0.2) is 53.0 Å². The Morgan fingerprint density at radius 3 is 2.65 bits per heavy atom. The molecule has 1 aromatic heterocycles. The highest BCUT2D eigenvalue weighted by Crippen LogP contribution is 2.71. The average Bonchev–Trinajstić information content (AvgIpc) is 2.99. The molecule has 0 bridgehead atoms. The third-order valence-electron chi connectivity index (χ3n) is 4.75. The lowest BCUT2D eigenvalue weighted by Crippen LogP contribution is -2.57. The number of benzene rings is 1. The van der Waals surface area contributed by atoms with E-state index in [1.54, 1.807) is 11.2 Å². The molecule has 0 spiro atoms. The van der Waals surface area contributed by atoms with Crippen molar-refractivity contribution >= 4 is 10.2 Å². The van der Waals surface area contributed by atoms with Gasteiger partial charge in [-0.3, -0.25) is 0 Å². The van der Waals surface area contributed by atoms with E-state index in [4.69, 9.17) is 4.74 Å². The van der Waals surface area contributed by atoms with E-state index in [1.165, 1.54) is 10.5 Å². The van der Waals surface area contributed by atoms with Gasteiger partial charge in [0.25, 0.3) is 0 Å². The molecule has 1 unspecified atom stereocenters. The molecule has 0 radical (unpaired) electrons. The molecular weight excluding hydrogens is 351 g/mol. The first-order valence-corrected chi connectivity index (χ1v) is 11.0. The second-order valence-corrected chi connectivity index (χ2v) is 10.2. The Morgan fingerprint density at radius 1 is 1.31 bits per heavy atom. The predicted molar refractivity (Wildman–Crippen MR) is 103 cm³/mol. The molecule has 7 heteroatoms. The molecule has 4 rings (SSSR count). The number of rotatable bonds is 7. The maximum absolute atomic E-state index is 14.8. The van der Waals surface area contributed by atoms with Crippen molar-refractivity contribution in [3.05, 3.63) is 58.6 Å². The van der Waals surface area contributed by atoms with Gasteiger partial charge in [-0.1, -0.05) is 22.3 Å². The van der Waals surface area contributed by atoms with Crippen molar-refractivity contribution in [1.82, 2.24) is 19.4 Å². The minimum absolute atomic E-state index is 0.147. The standard InChI is InChI=1S/C19H25FN4OS/c1-15(2)25-18-12-22(13-18)24(20)26(3)14-19(26)11-16-5-7-17(8-6-16)23-10-4-9-21-23/h4-10,14-15,18H,11-13H2,1-3H3. The van der Waals surface area contributed by atoms with Crippen molar-refractivity contribution in [1.29, 1.82) is 0 Å². The molecular formula is C19H25FN4OS. The van der Waals surface area contributed by atoms with Crippen molar-refractivity contribution < 1.29 is 9.22 Å². The Bertz CT molecular complexity index is 786. The van der Waals surface area contributed by atoms with E-state index in [1.807, 2.05) is 37.0 Å². The second kappa shape index (κ2) is 6.81. The van der Waals surface area contributed by atoms with Crippen LogP contribution in [0.3, 0.4) is 0 Å². The first-order valence-electron chi connectivity index (χ1n) is 8.90. The van der Waals surface area contributed by atoms with Crippen LogP contribution in [0.4, 0.5) is 4.48 Å². The molecule has 3 heterocycles. The van der Waals surface area contributed by atoms with Gasteiger partial charge in [-0.15, -0.1) is 4.48 Å². The number of nitrogens with zero attached hydrogens (tertiary/aromatic N) is 4. The molecule has 1 saturated heterocycles. The van der Waals surface area contributed by atoms with Gasteiger partial charge in [-0.05, 0) is 58.8 Å². The van der Waals surface area contributed by atoms with Crippen LogP contribution in [0.5, 0.6) is 0 Å². The molecule has 1 aromatic carbocycles. The highest BCUT2D eigenvalue weighted by molar-refractivity contribution is 8.41. The minimum Gasteiger partial charge on any atom is -0.373 e. The fraction of sp³-hybridized carbons (Fsp3) is 0.421. The van der Waals surface area contributed by atoms with Crippen molar-refractivity contribution in [2.45, 2.75) is 32.5 Å². The van der Waals surface area contributed by atoms with Crippen LogP contribution in [0.1, 0.15) is 19.4 Å². The molecule has 0 saturated carbocycles. The van der Waals surface area contributed by atoms with Crippen LogP contribution in [0.2, 0.25) is 0 Å². The molecule has 1 atom stereocenters. The van der Waals surface area contributed by atoms with Gasteiger partial charge in [-0.25, -0.2) is 4.68 Å². The van der Waals surface area contributed by atoms with Gasteiger partial charge in [0.2, 0.25) is 0 Å². The number of aromatic nitrogens is 2. The summed E-state index contributed by atoms with van der Waals surface area (Å²) in [6.45, 7) is 5.30. The van der Waals surface area contributed by atoms with Gasteiger partial charge in [-0.2, -0.15) is 10.1 Å². The fourth-order valence-electron chi connectivity index (χ4n) is 3.21. The van der Waals surface area contributed by atoms with Gasteiger partial charge in [0, 0.05) is 31.9 Å². The predicted octanol–water partition coefficient (Wildman–Crippen LogP) is 3.83. The van der Waals surface area contributed by atoms with Crippen molar-refractivity contribution in [2.75, 3.05) is 19.3 Å². The molecule has 26 heavy (non-hydrogen) atoms. The molecule has 0 amide bonds. The second-order valence-electron chi connectivity index (χ2n) is 7.22. The number of hydrazine groups is 1. The number of hydrogen-bond donors (Lipinski definition) is 0. The van der Waals surface area contributed by atoms with E-state index in [0.717, 1.165) is 16.7 Å². The fourth-order valence-corrected chi connectivity index (χ4v) is 5.52. The lowest BCUT2D eigenvalue weighted by atomic mass is 10.1. The van der Waals surface area contributed by atoms with E-state index in [0.29, 0.717) is 13.1 Å². The van der Waals surface area contributed by atoms with Gasteiger partial charge in [0.05, 0.1) is 17.9 Å². The van der Waals surface area contributed by atoms with Crippen LogP contribution in [-0.4, -0.2) is 51.0 Å². The molecule has 2 aliphatic rings. The molecule has 1 fully saturated rings. The monoisotopic (exact) mass is 376 g/mol. The van der Waals surface area contributed by atoms with Crippen molar-refractivity contribution in [3.8, 4) is 5.69 Å². The Balaban J connectivity index is 1.31. The first kappa shape index (κ1) is 17.7. The van der Waals surface area contributed by atoms with E-state index in [9.17, 15) is 4.48 Å². The summed E-state index contributed by atoms with van der Waals surface area (Å²) >= 11 is 0. The largest absolute Gasteiger partial charge is 0.373 e. The molecule has 5 nitrogen and oxygen atoms in total. The minimum atomic E-state index is -1.55. The molecule has 2 aromatic rings. The van der Waals surface area contributed by atoms with Crippen LogP contribution in [-0.2, 0) is 11.2 Å².